The third-order valence-corrected chi connectivity index (χ3v) is 2.43. The van der Waals surface area contributed by atoms with Gasteiger partial charge in [-0.1, -0.05) is 11.6 Å². The molecule has 84 valence electrons. The number of halogens is 1. The molecule has 0 bridgehead atoms. The molecule has 15 heavy (non-hydrogen) atoms. The summed E-state index contributed by atoms with van der Waals surface area (Å²) in [5.74, 6) is 0. The van der Waals surface area contributed by atoms with Crippen molar-refractivity contribution in [2.75, 3.05) is 19.0 Å². The normalized spacial score (nSPS) is 12.5. The van der Waals surface area contributed by atoms with E-state index in [0.717, 1.165) is 24.3 Å². The maximum Gasteiger partial charge on any atom is 0.152 e. The van der Waals surface area contributed by atoms with Crippen molar-refractivity contribution in [1.82, 2.24) is 4.98 Å². The van der Waals surface area contributed by atoms with E-state index in [1.54, 1.807) is 13.3 Å². The quantitative estimate of drug-likeness (QED) is 0.787. The molecule has 1 aromatic rings. The van der Waals surface area contributed by atoms with Crippen molar-refractivity contribution in [2.24, 2.45) is 0 Å². The molecule has 0 aliphatic carbocycles. The molecule has 1 atom stereocenters. The van der Waals surface area contributed by atoms with E-state index in [4.69, 9.17) is 16.3 Å². The minimum atomic E-state index is 0.325. The van der Waals surface area contributed by atoms with Gasteiger partial charge in [-0.2, -0.15) is 0 Å². The fourth-order valence-corrected chi connectivity index (χ4v) is 1.44. The molecule has 1 unspecified atom stereocenters. The Hall–Kier alpha value is -0.800. The Morgan fingerprint density at radius 2 is 2.33 bits per heavy atom. The number of hydrogen-bond acceptors (Lipinski definition) is 3. The standard InChI is InChI=1S/C11H17ClN2O/c1-8-6-10(11(12)13-7-8)14-9(2)4-5-15-3/h6-7,9,14H,4-5H2,1-3H3. The highest BCUT2D eigenvalue weighted by Gasteiger charge is 2.06. The summed E-state index contributed by atoms with van der Waals surface area (Å²) in [5.41, 5.74) is 1.99. The van der Waals surface area contributed by atoms with Crippen molar-refractivity contribution < 1.29 is 4.74 Å². The number of rotatable bonds is 5. The highest BCUT2D eigenvalue weighted by molar-refractivity contribution is 6.31. The van der Waals surface area contributed by atoms with Crippen molar-refractivity contribution >= 4 is 17.3 Å². The summed E-state index contributed by atoms with van der Waals surface area (Å²) in [5, 5.41) is 3.83. The number of anilines is 1. The van der Waals surface area contributed by atoms with Crippen LogP contribution < -0.4 is 5.32 Å². The van der Waals surface area contributed by atoms with Crippen LogP contribution in [0.25, 0.3) is 0 Å². The molecule has 1 heterocycles. The number of hydrogen-bond donors (Lipinski definition) is 1. The van der Waals surface area contributed by atoms with Crippen molar-refractivity contribution in [3.63, 3.8) is 0 Å². The Balaban J connectivity index is 2.59. The zero-order valence-electron chi connectivity index (χ0n) is 9.38. The van der Waals surface area contributed by atoms with Gasteiger partial charge in [0.15, 0.2) is 5.15 Å². The molecule has 3 nitrogen and oxygen atoms in total. The lowest BCUT2D eigenvalue weighted by atomic mass is 10.2. The SMILES string of the molecule is COCCC(C)Nc1cc(C)cnc1Cl. The topological polar surface area (TPSA) is 34.1 Å². The fraction of sp³-hybridized carbons (Fsp3) is 0.545. The first kappa shape index (κ1) is 12.3. The highest BCUT2D eigenvalue weighted by Crippen LogP contribution is 2.20. The van der Waals surface area contributed by atoms with Gasteiger partial charge in [-0.25, -0.2) is 4.98 Å². The van der Waals surface area contributed by atoms with Crippen LogP contribution in [0.5, 0.6) is 0 Å². The van der Waals surface area contributed by atoms with Crippen LogP contribution in [0, 0.1) is 6.92 Å². The Labute approximate surface area is 95.8 Å². The number of aromatic nitrogens is 1. The molecule has 0 amide bonds. The summed E-state index contributed by atoms with van der Waals surface area (Å²) in [7, 11) is 1.70. The van der Waals surface area contributed by atoms with E-state index in [2.05, 4.69) is 17.2 Å². The Morgan fingerprint density at radius 3 is 3.00 bits per heavy atom. The van der Waals surface area contributed by atoms with E-state index in [9.17, 15) is 0 Å². The average Bonchev–Trinajstić information content (AvgIpc) is 2.20. The number of nitrogens with zero attached hydrogens (tertiary/aromatic N) is 1. The maximum absolute atomic E-state index is 5.97. The van der Waals surface area contributed by atoms with Crippen LogP contribution >= 0.6 is 11.6 Å². The number of pyridine rings is 1. The molecule has 0 radical (unpaired) electrons. The second kappa shape index (κ2) is 5.93. The first-order chi connectivity index (χ1) is 7.13. The minimum Gasteiger partial charge on any atom is -0.385 e. The molecule has 0 aliphatic rings. The zero-order chi connectivity index (χ0) is 11.3. The molecule has 1 rings (SSSR count). The minimum absolute atomic E-state index is 0.325. The molecule has 1 aromatic heterocycles. The molecule has 4 heteroatoms. The number of nitrogens with one attached hydrogen (secondary N) is 1. The smallest absolute Gasteiger partial charge is 0.152 e. The molecule has 0 aromatic carbocycles. The van der Waals surface area contributed by atoms with E-state index in [1.165, 1.54) is 0 Å². The second-order valence-corrected chi connectivity index (χ2v) is 4.04. The van der Waals surface area contributed by atoms with Gasteiger partial charge in [0, 0.05) is 26.0 Å². The molecule has 0 spiro atoms. The first-order valence-corrected chi connectivity index (χ1v) is 5.39. The molecular weight excluding hydrogens is 212 g/mol. The van der Waals surface area contributed by atoms with Gasteiger partial charge < -0.3 is 10.1 Å². The van der Waals surface area contributed by atoms with E-state index in [0.29, 0.717) is 11.2 Å². The molecule has 0 aliphatic heterocycles. The Morgan fingerprint density at radius 1 is 1.60 bits per heavy atom. The van der Waals surface area contributed by atoms with Crippen molar-refractivity contribution in [1.29, 1.82) is 0 Å². The zero-order valence-corrected chi connectivity index (χ0v) is 10.1. The Bertz CT molecular complexity index is 317. The van der Waals surface area contributed by atoms with Crippen LogP contribution in [-0.4, -0.2) is 24.7 Å². The largest absolute Gasteiger partial charge is 0.385 e. The predicted molar refractivity (Wildman–Crippen MR) is 63.6 cm³/mol. The number of aryl methyl sites for hydroxylation is 1. The molecule has 0 saturated carbocycles. The van der Waals surface area contributed by atoms with Gasteiger partial charge in [0.25, 0.3) is 0 Å². The van der Waals surface area contributed by atoms with Crippen LogP contribution in [0.15, 0.2) is 12.3 Å². The van der Waals surface area contributed by atoms with Gasteiger partial charge in [-0.05, 0) is 31.9 Å². The molecule has 1 N–H and O–H groups in total. The third-order valence-electron chi connectivity index (χ3n) is 2.13. The fourth-order valence-electron chi connectivity index (χ4n) is 1.29. The Kier molecular flexibility index (Phi) is 4.85. The lowest BCUT2D eigenvalue weighted by molar-refractivity contribution is 0.191. The van der Waals surface area contributed by atoms with E-state index >= 15 is 0 Å². The maximum atomic E-state index is 5.97. The van der Waals surface area contributed by atoms with Crippen LogP contribution in [0.4, 0.5) is 5.69 Å². The van der Waals surface area contributed by atoms with Gasteiger partial charge >= 0.3 is 0 Å². The van der Waals surface area contributed by atoms with Gasteiger partial charge in [0.2, 0.25) is 0 Å². The van der Waals surface area contributed by atoms with Crippen LogP contribution in [0.3, 0.4) is 0 Å². The van der Waals surface area contributed by atoms with Gasteiger partial charge in [-0.15, -0.1) is 0 Å². The van der Waals surface area contributed by atoms with Gasteiger partial charge in [0.1, 0.15) is 0 Å². The van der Waals surface area contributed by atoms with Crippen molar-refractivity contribution in [2.45, 2.75) is 26.3 Å². The van der Waals surface area contributed by atoms with Crippen LogP contribution in [0.1, 0.15) is 18.9 Å². The summed E-state index contributed by atoms with van der Waals surface area (Å²) in [4.78, 5) is 4.08. The predicted octanol–water partition coefficient (Wildman–Crippen LogP) is 2.88. The summed E-state index contributed by atoms with van der Waals surface area (Å²) < 4.78 is 5.02. The van der Waals surface area contributed by atoms with Gasteiger partial charge in [0.05, 0.1) is 5.69 Å². The highest BCUT2D eigenvalue weighted by atomic mass is 35.5. The third kappa shape index (κ3) is 4.06. The lowest BCUT2D eigenvalue weighted by Gasteiger charge is -2.15. The second-order valence-electron chi connectivity index (χ2n) is 3.68. The average molecular weight is 229 g/mol. The number of ether oxygens (including phenoxy) is 1. The van der Waals surface area contributed by atoms with Gasteiger partial charge in [-0.3, -0.25) is 0 Å². The van der Waals surface area contributed by atoms with Crippen LogP contribution in [0.2, 0.25) is 5.15 Å². The van der Waals surface area contributed by atoms with E-state index in [1.807, 2.05) is 13.0 Å². The lowest BCUT2D eigenvalue weighted by Crippen LogP contribution is -2.17. The number of methoxy groups -OCH3 is 1. The molecular formula is C11H17ClN2O. The molecule has 0 fully saturated rings. The molecule has 0 saturated heterocycles. The van der Waals surface area contributed by atoms with Crippen LogP contribution in [-0.2, 0) is 4.74 Å². The summed E-state index contributed by atoms with van der Waals surface area (Å²) in [6, 6.07) is 2.32. The van der Waals surface area contributed by atoms with Crippen molar-refractivity contribution in [3.05, 3.63) is 23.0 Å². The summed E-state index contributed by atoms with van der Waals surface area (Å²) >= 11 is 5.97. The summed E-state index contributed by atoms with van der Waals surface area (Å²) in [6.07, 6.45) is 2.70. The summed E-state index contributed by atoms with van der Waals surface area (Å²) in [6.45, 7) is 4.83. The van der Waals surface area contributed by atoms with E-state index in [-0.39, 0.29) is 0 Å². The monoisotopic (exact) mass is 228 g/mol. The van der Waals surface area contributed by atoms with E-state index < -0.39 is 0 Å². The van der Waals surface area contributed by atoms with Crippen molar-refractivity contribution in [3.8, 4) is 0 Å². The first-order valence-electron chi connectivity index (χ1n) is 5.01.